The number of benzene rings is 1. The molecule has 1 heterocycles. The summed E-state index contributed by atoms with van der Waals surface area (Å²) in [7, 11) is 0. The molecule has 0 aliphatic heterocycles. The smallest absolute Gasteiger partial charge is 0.339 e. The molecule has 0 spiro atoms. The highest BCUT2D eigenvalue weighted by Crippen LogP contribution is 2.20. The number of nitrogens with zero attached hydrogens (tertiary/aromatic N) is 1. The zero-order valence-electron chi connectivity index (χ0n) is 9.77. The molecular formula is C13H10Br2N2O2. The number of hydrogen-bond donors (Lipinski definition) is 1. The number of ether oxygens (including phenoxy) is 1. The molecule has 0 unspecified atom stereocenters. The average molecular weight is 386 g/mol. The summed E-state index contributed by atoms with van der Waals surface area (Å²) < 4.78 is 6.71. The second-order valence-corrected chi connectivity index (χ2v) is 5.55. The lowest BCUT2D eigenvalue weighted by molar-refractivity contribution is 0.0466. The van der Waals surface area contributed by atoms with E-state index in [-0.39, 0.29) is 6.61 Å². The molecule has 98 valence electrons. The van der Waals surface area contributed by atoms with E-state index in [2.05, 4.69) is 36.8 Å². The summed E-state index contributed by atoms with van der Waals surface area (Å²) in [4.78, 5) is 16.0. The minimum absolute atomic E-state index is 0.118. The molecule has 2 N–H and O–H groups in total. The van der Waals surface area contributed by atoms with Crippen LogP contribution in [0.1, 0.15) is 16.1 Å². The van der Waals surface area contributed by atoms with Gasteiger partial charge in [0.05, 0.1) is 11.3 Å². The molecule has 1 aromatic carbocycles. The van der Waals surface area contributed by atoms with E-state index in [1.165, 1.54) is 0 Å². The molecule has 4 nitrogen and oxygen atoms in total. The van der Waals surface area contributed by atoms with Crippen LogP contribution in [-0.2, 0) is 11.3 Å². The Morgan fingerprint density at radius 2 is 2.05 bits per heavy atom. The number of carbonyl (C=O) groups is 1. The minimum atomic E-state index is -0.441. The highest BCUT2D eigenvalue weighted by Gasteiger charge is 2.12. The fourth-order valence-electron chi connectivity index (χ4n) is 1.41. The summed E-state index contributed by atoms with van der Waals surface area (Å²) in [6, 6.07) is 8.61. The molecule has 1 aromatic heterocycles. The first kappa shape index (κ1) is 14.0. The van der Waals surface area contributed by atoms with Gasteiger partial charge in [0, 0.05) is 20.8 Å². The number of halogens is 2. The third kappa shape index (κ3) is 3.78. The van der Waals surface area contributed by atoms with E-state index in [9.17, 15) is 4.79 Å². The third-order valence-electron chi connectivity index (χ3n) is 2.35. The van der Waals surface area contributed by atoms with E-state index in [0.717, 1.165) is 4.47 Å². The fourth-order valence-corrected chi connectivity index (χ4v) is 2.05. The van der Waals surface area contributed by atoms with Gasteiger partial charge in [0.15, 0.2) is 0 Å². The summed E-state index contributed by atoms with van der Waals surface area (Å²) in [5.41, 5.74) is 7.23. The van der Waals surface area contributed by atoms with Crippen molar-refractivity contribution in [2.75, 3.05) is 5.73 Å². The van der Waals surface area contributed by atoms with Crippen molar-refractivity contribution in [3.05, 3.63) is 56.7 Å². The third-order valence-corrected chi connectivity index (χ3v) is 3.51. The maximum Gasteiger partial charge on any atom is 0.339 e. The zero-order valence-corrected chi connectivity index (χ0v) is 12.9. The fraction of sp³-hybridized carbons (Fsp3) is 0.0769. The molecule has 0 saturated heterocycles. The van der Waals surface area contributed by atoms with Gasteiger partial charge >= 0.3 is 5.97 Å². The number of carbonyl (C=O) groups excluding carboxylic acids is 1. The summed E-state index contributed by atoms with van der Waals surface area (Å²) >= 11 is 6.58. The van der Waals surface area contributed by atoms with E-state index >= 15 is 0 Å². The maximum atomic E-state index is 11.9. The van der Waals surface area contributed by atoms with E-state index in [1.807, 2.05) is 6.07 Å². The number of aromatic nitrogens is 1. The van der Waals surface area contributed by atoms with Crippen LogP contribution in [0.2, 0.25) is 0 Å². The van der Waals surface area contributed by atoms with Crippen LogP contribution in [0, 0.1) is 0 Å². The number of nitrogen functional groups attached to an aromatic ring is 1. The Labute approximate surface area is 127 Å². The number of rotatable bonds is 3. The topological polar surface area (TPSA) is 65.2 Å². The first-order chi connectivity index (χ1) is 9.06. The summed E-state index contributed by atoms with van der Waals surface area (Å²) in [6.07, 6.45) is 1.65. The van der Waals surface area contributed by atoms with Crippen LogP contribution in [0.3, 0.4) is 0 Å². The van der Waals surface area contributed by atoms with Crippen molar-refractivity contribution in [2.45, 2.75) is 6.61 Å². The second-order valence-electron chi connectivity index (χ2n) is 3.78. The number of pyridine rings is 1. The summed E-state index contributed by atoms with van der Waals surface area (Å²) in [5, 5.41) is 0. The zero-order chi connectivity index (χ0) is 13.8. The Bertz CT molecular complexity index is 600. The van der Waals surface area contributed by atoms with Crippen LogP contribution >= 0.6 is 31.9 Å². The normalized spacial score (nSPS) is 10.2. The maximum absolute atomic E-state index is 11.9. The summed E-state index contributed by atoms with van der Waals surface area (Å²) in [6.45, 7) is 0.118. The molecule has 0 aliphatic carbocycles. The first-order valence-electron chi connectivity index (χ1n) is 5.39. The lowest BCUT2D eigenvalue weighted by Gasteiger charge is -2.07. The lowest BCUT2D eigenvalue weighted by atomic mass is 10.2. The van der Waals surface area contributed by atoms with Gasteiger partial charge in [0.2, 0.25) is 0 Å². The predicted molar refractivity (Wildman–Crippen MR) is 79.6 cm³/mol. The van der Waals surface area contributed by atoms with E-state index < -0.39 is 5.97 Å². The number of hydrogen-bond acceptors (Lipinski definition) is 4. The van der Waals surface area contributed by atoms with Crippen molar-refractivity contribution in [2.24, 2.45) is 0 Å². The number of nitrogens with two attached hydrogens (primary N) is 1. The Morgan fingerprint density at radius 1 is 1.26 bits per heavy atom. The van der Waals surface area contributed by atoms with Crippen molar-refractivity contribution in [1.29, 1.82) is 0 Å². The largest absolute Gasteiger partial charge is 0.456 e. The molecule has 2 aromatic rings. The molecular weight excluding hydrogens is 376 g/mol. The molecule has 0 saturated carbocycles. The van der Waals surface area contributed by atoms with E-state index in [0.29, 0.717) is 21.4 Å². The van der Waals surface area contributed by atoms with E-state index in [1.54, 1.807) is 30.5 Å². The van der Waals surface area contributed by atoms with Crippen LogP contribution in [-0.4, -0.2) is 11.0 Å². The Kier molecular flexibility index (Phi) is 4.55. The monoisotopic (exact) mass is 384 g/mol. The van der Waals surface area contributed by atoms with Crippen LogP contribution in [0.15, 0.2) is 45.5 Å². The Hall–Kier alpha value is -1.40. The molecule has 2 rings (SSSR count). The molecule has 6 heteroatoms. The Balaban J connectivity index is 2.05. The summed E-state index contributed by atoms with van der Waals surface area (Å²) in [5.74, 6) is -0.441. The van der Waals surface area contributed by atoms with Gasteiger partial charge in [-0.25, -0.2) is 4.79 Å². The van der Waals surface area contributed by atoms with Gasteiger partial charge < -0.3 is 10.5 Å². The number of esters is 1. The molecule has 0 amide bonds. The molecule has 0 atom stereocenters. The van der Waals surface area contributed by atoms with Crippen molar-refractivity contribution >= 4 is 43.5 Å². The van der Waals surface area contributed by atoms with Gasteiger partial charge in [-0.05, 0) is 62.2 Å². The minimum Gasteiger partial charge on any atom is -0.456 e. The molecule has 0 fully saturated rings. The SMILES string of the molecule is Nc1ccc(Br)c(C(=O)OCc2ccc(Br)cn2)c1. The van der Waals surface area contributed by atoms with Crippen LogP contribution in [0.4, 0.5) is 5.69 Å². The number of anilines is 1. The van der Waals surface area contributed by atoms with Gasteiger partial charge in [-0.3, -0.25) is 4.98 Å². The van der Waals surface area contributed by atoms with Gasteiger partial charge in [-0.1, -0.05) is 0 Å². The van der Waals surface area contributed by atoms with Crippen LogP contribution < -0.4 is 5.73 Å². The first-order valence-corrected chi connectivity index (χ1v) is 6.97. The molecule has 19 heavy (non-hydrogen) atoms. The van der Waals surface area contributed by atoms with Gasteiger partial charge in [0.25, 0.3) is 0 Å². The highest BCUT2D eigenvalue weighted by molar-refractivity contribution is 9.10. The van der Waals surface area contributed by atoms with Crippen LogP contribution in [0.25, 0.3) is 0 Å². The quantitative estimate of drug-likeness (QED) is 0.648. The van der Waals surface area contributed by atoms with Crippen molar-refractivity contribution < 1.29 is 9.53 Å². The molecule has 0 aliphatic rings. The second kappa shape index (κ2) is 6.16. The van der Waals surface area contributed by atoms with Crippen molar-refractivity contribution in [3.63, 3.8) is 0 Å². The standard InChI is InChI=1S/C13H10Br2N2O2/c14-8-1-3-10(17-6-8)7-19-13(18)11-5-9(16)2-4-12(11)15/h1-6H,7,16H2. The predicted octanol–water partition coefficient (Wildman–Crippen LogP) is 3.55. The molecule has 0 bridgehead atoms. The average Bonchev–Trinajstić information content (AvgIpc) is 2.40. The van der Waals surface area contributed by atoms with Crippen molar-refractivity contribution in [3.8, 4) is 0 Å². The molecule has 0 radical (unpaired) electrons. The van der Waals surface area contributed by atoms with Gasteiger partial charge in [0.1, 0.15) is 6.61 Å². The van der Waals surface area contributed by atoms with Crippen LogP contribution in [0.5, 0.6) is 0 Å². The highest BCUT2D eigenvalue weighted by atomic mass is 79.9. The Morgan fingerprint density at radius 3 is 2.74 bits per heavy atom. The van der Waals surface area contributed by atoms with Crippen molar-refractivity contribution in [1.82, 2.24) is 4.98 Å². The van der Waals surface area contributed by atoms with Gasteiger partial charge in [-0.2, -0.15) is 0 Å². The lowest BCUT2D eigenvalue weighted by Crippen LogP contribution is -2.07. The van der Waals surface area contributed by atoms with Gasteiger partial charge in [-0.15, -0.1) is 0 Å². The van der Waals surface area contributed by atoms with E-state index in [4.69, 9.17) is 10.5 Å².